The lowest BCUT2D eigenvalue weighted by Gasteiger charge is -2.22. The fourth-order valence-electron chi connectivity index (χ4n) is 6.39. The summed E-state index contributed by atoms with van der Waals surface area (Å²) in [5.74, 6) is -1.51. The summed E-state index contributed by atoms with van der Waals surface area (Å²) in [6.07, 6.45) is 3.84. The molecule has 0 atom stereocenters. The largest absolute Gasteiger partial charge is 0.478 e. The molecule has 0 bridgehead atoms. The van der Waals surface area contributed by atoms with Crippen molar-refractivity contribution in [2.24, 2.45) is 11.8 Å². The van der Waals surface area contributed by atoms with Crippen LogP contribution in [-0.4, -0.2) is 33.2 Å². The van der Waals surface area contributed by atoms with Gasteiger partial charge in [-0.3, -0.25) is 9.59 Å². The van der Waals surface area contributed by atoms with E-state index in [4.69, 9.17) is 4.74 Å². The minimum Gasteiger partial charge on any atom is -0.478 e. The first-order chi connectivity index (χ1) is 26.0. The molecule has 2 heterocycles. The maximum atomic E-state index is 13.8. The number of aromatic carboxylic acids is 1. The SMILES string of the molecule is CCC(CC)COC(=O)c1ccc2[nH]c(-c3cccc(F)c3)cc(=O)c2c1.CCC(CC)Cn1c(-c2cccc(F)c2)cc(=O)c2cc(C(=O)O)ccc21. The number of nitrogens with zero attached hydrogens (tertiary/aromatic N) is 1. The predicted octanol–water partition coefficient (Wildman–Crippen LogP) is 9.87. The number of esters is 1. The van der Waals surface area contributed by atoms with Crippen molar-refractivity contribution in [2.75, 3.05) is 6.61 Å². The number of aromatic amines is 1. The van der Waals surface area contributed by atoms with E-state index in [2.05, 4.69) is 32.7 Å². The minimum absolute atomic E-state index is 0.0761. The Bertz CT molecular complexity index is 2410. The Morgan fingerprint density at radius 2 is 1.30 bits per heavy atom. The Balaban J connectivity index is 0.000000208. The molecular weight excluding hydrogens is 690 g/mol. The predicted molar refractivity (Wildman–Crippen MR) is 209 cm³/mol. The van der Waals surface area contributed by atoms with E-state index in [-0.39, 0.29) is 28.1 Å². The number of carbonyl (C=O) groups excluding carboxylic acids is 1. The number of rotatable bonds is 12. The van der Waals surface area contributed by atoms with Crippen molar-refractivity contribution in [3.63, 3.8) is 0 Å². The standard InChI is InChI=1S/2C22H22FNO3/c1-3-14(4-2)13-27-22(26)16-8-9-19-18(11-16)21(25)12-20(24-19)15-6-5-7-17(23)10-15;1-3-14(4-2)13-24-19-9-8-16(22(26)27)11-18(19)21(25)12-20(24)15-6-5-7-17(23)10-15/h5-12,14H,3-4,13H2,1-2H3,(H,24,25);5-12,14H,3-4,13H2,1-2H3,(H,26,27). The third-order valence-corrected chi connectivity index (χ3v) is 9.88. The quantitative estimate of drug-likeness (QED) is 0.121. The summed E-state index contributed by atoms with van der Waals surface area (Å²) in [5, 5.41) is 10.00. The van der Waals surface area contributed by atoms with Gasteiger partial charge in [0.15, 0.2) is 10.9 Å². The molecule has 0 saturated heterocycles. The number of halogens is 2. The Morgan fingerprint density at radius 3 is 1.93 bits per heavy atom. The van der Waals surface area contributed by atoms with E-state index in [0.29, 0.717) is 74.9 Å². The first-order valence-corrected chi connectivity index (χ1v) is 18.2. The van der Waals surface area contributed by atoms with Crippen LogP contribution in [0.5, 0.6) is 0 Å². The summed E-state index contributed by atoms with van der Waals surface area (Å²) in [4.78, 5) is 51.9. The third kappa shape index (κ3) is 9.17. The van der Waals surface area contributed by atoms with Crippen LogP contribution in [0, 0.1) is 23.5 Å². The maximum absolute atomic E-state index is 13.8. The molecule has 4 aromatic carbocycles. The van der Waals surface area contributed by atoms with Crippen LogP contribution in [0.25, 0.3) is 44.3 Å². The average Bonchev–Trinajstić information content (AvgIpc) is 3.17. The number of carboxylic acid groups (broad SMARTS) is 1. The monoisotopic (exact) mass is 734 g/mol. The molecule has 6 rings (SSSR count). The molecule has 0 spiro atoms. The lowest BCUT2D eigenvalue weighted by Crippen LogP contribution is -2.17. The van der Waals surface area contributed by atoms with Crippen LogP contribution < -0.4 is 10.9 Å². The number of carbonyl (C=O) groups is 2. The molecule has 2 aromatic heterocycles. The molecule has 0 radical (unpaired) electrons. The molecule has 10 heteroatoms. The van der Waals surface area contributed by atoms with Gasteiger partial charge in [0.25, 0.3) is 0 Å². The van der Waals surface area contributed by atoms with Gasteiger partial charge in [-0.2, -0.15) is 0 Å². The zero-order chi connectivity index (χ0) is 38.9. The zero-order valence-electron chi connectivity index (χ0n) is 30.8. The molecule has 280 valence electrons. The van der Waals surface area contributed by atoms with E-state index < -0.39 is 11.9 Å². The summed E-state index contributed by atoms with van der Waals surface area (Å²) in [6, 6.07) is 24.5. The van der Waals surface area contributed by atoms with Gasteiger partial charge in [-0.1, -0.05) is 77.6 Å². The average molecular weight is 735 g/mol. The highest BCUT2D eigenvalue weighted by Crippen LogP contribution is 2.27. The highest BCUT2D eigenvalue weighted by molar-refractivity contribution is 5.95. The number of pyridine rings is 2. The number of fused-ring (bicyclic) bond motifs is 2. The van der Waals surface area contributed by atoms with Crippen molar-refractivity contribution in [3.05, 3.63) is 140 Å². The van der Waals surface area contributed by atoms with Gasteiger partial charge in [0.2, 0.25) is 0 Å². The van der Waals surface area contributed by atoms with E-state index in [1.165, 1.54) is 48.5 Å². The molecule has 8 nitrogen and oxygen atoms in total. The van der Waals surface area contributed by atoms with Gasteiger partial charge in [-0.15, -0.1) is 0 Å². The number of nitrogens with one attached hydrogen (secondary N) is 1. The Hall–Kier alpha value is -5.90. The maximum Gasteiger partial charge on any atom is 0.338 e. The Morgan fingerprint density at radius 1 is 0.704 bits per heavy atom. The van der Waals surface area contributed by atoms with Crippen LogP contribution in [0.15, 0.2) is 107 Å². The fraction of sp³-hybridized carbons (Fsp3) is 0.273. The lowest BCUT2D eigenvalue weighted by atomic mass is 10.0. The van der Waals surface area contributed by atoms with Gasteiger partial charge in [0.05, 0.1) is 28.9 Å². The minimum atomic E-state index is -1.07. The van der Waals surface area contributed by atoms with Crippen LogP contribution in [0.4, 0.5) is 8.78 Å². The van der Waals surface area contributed by atoms with Crippen LogP contribution in [0.1, 0.15) is 74.1 Å². The normalized spacial score (nSPS) is 11.2. The summed E-state index contributed by atoms with van der Waals surface area (Å²) in [7, 11) is 0. The number of ether oxygens (including phenoxy) is 1. The molecule has 0 saturated carbocycles. The van der Waals surface area contributed by atoms with Crippen LogP contribution >= 0.6 is 0 Å². The first kappa shape index (κ1) is 39.3. The van der Waals surface area contributed by atoms with E-state index in [1.807, 2.05) is 4.57 Å². The molecular formula is C44H44F2N2O6. The highest BCUT2D eigenvalue weighted by Gasteiger charge is 2.17. The van der Waals surface area contributed by atoms with E-state index in [0.717, 1.165) is 25.7 Å². The number of H-pyrrole nitrogens is 1. The summed E-state index contributed by atoms with van der Waals surface area (Å²) >= 11 is 0. The Kier molecular flexibility index (Phi) is 12.9. The van der Waals surface area contributed by atoms with Crippen molar-refractivity contribution in [1.29, 1.82) is 0 Å². The van der Waals surface area contributed by atoms with Crippen LogP contribution in [0.3, 0.4) is 0 Å². The molecule has 0 amide bonds. The van der Waals surface area contributed by atoms with Crippen molar-refractivity contribution in [3.8, 4) is 22.5 Å². The zero-order valence-corrected chi connectivity index (χ0v) is 30.8. The summed E-state index contributed by atoms with van der Waals surface area (Å²) in [6.45, 7) is 9.40. The molecule has 0 aliphatic carbocycles. The second kappa shape index (κ2) is 17.7. The molecule has 0 aliphatic heterocycles. The van der Waals surface area contributed by atoms with Crippen molar-refractivity contribution in [2.45, 2.75) is 59.9 Å². The van der Waals surface area contributed by atoms with E-state index in [1.54, 1.807) is 48.5 Å². The topological polar surface area (TPSA) is 118 Å². The van der Waals surface area contributed by atoms with Crippen molar-refractivity contribution in [1.82, 2.24) is 9.55 Å². The fourth-order valence-corrected chi connectivity index (χ4v) is 6.39. The first-order valence-electron chi connectivity index (χ1n) is 18.2. The third-order valence-electron chi connectivity index (χ3n) is 9.88. The van der Waals surface area contributed by atoms with Crippen molar-refractivity contribution < 1.29 is 28.2 Å². The van der Waals surface area contributed by atoms with E-state index >= 15 is 0 Å². The van der Waals surface area contributed by atoms with Gasteiger partial charge in [0.1, 0.15) is 11.6 Å². The highest BCUT2D eigenvalue weighted by atomic mass is 19.1. The number of benzene rings is 4. The van der Waals surface area contributed by atoms with Gasteiger partial charge < -0.3 is 19.4 Å². The lowest BCUT2D eigenvalue weighted by molar-refractivity contribution is 0.0433. The molecule has 54 heavy (non-hydrogen) atoms. The number of aromatic nitrogens is 2. The molecule has 6 aromatic rings. The van der Waals surface area contributed by atoms with Gasteiger partial charge in [-0.25, -0.2) is 18.4 Å². The van der Waals surface area contributed by atoms with Gasteiger partial charge >= 0.3 is 11.9 Å². The molecule has 0 unspecified atom stereocenters. The summed E-state index contributed by atoms with van der Waals surface area (Å²) in [5.41, 5.74) is 3.54. The molecule has 0 aliphatic rings. The number of carboxylic acids is 1. The van der Waals surface area contributed by atoms with Gasteiger partial charge in [0, 0.05) is 51.8 Å². The van der Waals surface area contributed by atoms with Crippen LogP contribution in [0.2, 0.25) is 0 Å². The summed E-state index contributed by atoms with van der Waals surface area (Å²) < 4.78 is 34.6. The second-order valence-electron chi connectivity index (χ2n) is 13.3. The van der Waals surface area contributed by atoms with Crippen molar-refractivity contribution >= 4 is 33.7 Å². The smallest absolute Gasteiger partial charge is 0.338 e. The number of hydrogen-bond acceptors (Lipinski definition) is 5. The van der Waals surface area contributed by atoms with E-state index in [9.17, 15) is 33.1 Å². The van der Waals surface area contributed by atoms with Crippen LogP contribution in [-0.2, 0) is 11.3 Å². The Labute approximate surface area is 312 Å². The second-order valence-corrected chi connectivity index (χ2v) is 13.3. The molecule has 2 N–H and O–H groups in total. The van der Waals surface area contributed by atoms with Gasteiger partial charge in [-0.05, 0) is 72.5 Å². The number of hydrogen-bond donors (Lipinski definition) is 2. The molecule has 0 fully saturated rings.